The Morgan fingerprint density at radius 2 is 2.04 bits per heavy atom. The summed E-state index contributed by atoms with van der Waals surface area (Å²) in [6.45, 7) is 7.23. The molecule has 6 nitrogen and oxygen atoms in total. The highest BCUT2D eigenvalue weighted by atomic mass is 16.5. The van der Waals surface area contributed by atoms with Crippen molar-refractivity contribution < 1.29 is 9.53 Å². The van der Waals surface area contributed by atoms with Crippen molar-refractivity contribution in [3.8, 4) is 0 Å². The number of carbonyl (C=O) groups excluding carboxylic acids is 1. The number of aryl methyl sites for hydroxylation is 2. The van der Waals surface area contributed by atoms with Crippen LogP contribution in [0.1, 0.15) is 59.7 Å². The molecule has 1 aromatic carbocycles. The van der Waals surface area contributed by atoms with Gasteiger partial charge in [-0.2, -0.15) is 0 Å². The minimum Gasteiger partial charge on any atom is -0.378 e. The number of nitrogens with zero attached hydrogens (tertiary/aromatic N) is 4. The van der Waals surface area contributed by atoms with Crippen LogP contribution in [0.2, 0.25) is 0 Å². The molecule has 3 heterocycles. The van der Waals surface area contributed by atoms with Gasteiger partial charge in [0.1, 0.15) is 11.6 Å². The van der Waals surface area contributed by atoms with Gasteiger partial charge in [-0.05, 0) is 50.8 Å². The summed E-state index contributed by atoms with van der Waals surface area (Å²) in [4.78, 5) is 14.9. The van der Waals surface area contributed by atoms with E-state index in [0.29, 0.717) is 12.0 Å². The number of carbonyl (C=O) groups is 1. The zero-order chi connectivity index (χ0) is 18.8. The second kappa shape index (κ2) is 7.80. The SMILES string of the molecule is CCOC1CCN(C(=O)c2cccc(C3CCc4nnc(C)n4C3)c2)CC1. The van der Waals surface area contributed by atoms with Gasteiger partial charge in [-0.3, -0.25) is 4.79 Å². The summed E-state index contributed by atoms with van der Waals surface area (Å²) in [7, 11) is 0. The largest absolute Gasteiger partial charge is 0.378 e. The molecule has 1 amide bonds. The molecule has 144 valence electrons. The Kier molecular flexibility index (Phi) is 5.25. The third-order valence-electron chi connectivity index (χ3n) is 5.87. The van der Waals surface area contributed by atoms with Gasteiger partial charge in [0.2, 0.25) is 0 Å². The summed E-state index contributed by atoms with van der Waals surface area (Å²) in [6.07, 6.45) is 4.15. The molecule has 1 unspecified atom stereocenters. The van der Waals surface area contributed by atoms with Gasteiger partial charge in [-0.1, -0.05) is 12.1 Å². The van der Waals surface area contributed by atoms with Crippen molar-refractivity contribution in [2.45, 2.75) is 58.1 Å². The highest BCUT2D eigenvalue weighted by Gasteiger charge is 2.26. The third kappa shape index (κ3) is 3.76. The first-order valence-electron chi connectivity index (χ1n) is 10.0. The fourth-order valence-corrected chi connectivity index (χ4v) is 4.30. The maximum absolute atomic E-state index is 13.0. The normalized spacial score (nSPS) is 20.5. The van der Waals surface area contributed by atoms with Crippen LogP contribution in [0.4, 0.5) is 0 Å². The van der Waals surface area contributed by atoms with Crippen LogP contribution < -0.4 is 0 Å². The van der Waals surface area contributed by atoms with Gasteiger partial charge in [0.25, 0.3) is 5.91 Å². The molecule has 1 saturated heterocycles. The molecule has 1 atom stereocenters. The van der Waals surface area contributed by atoms with Crippen LogP contribution in [-0.2, 0) is 17.7 Å². The van der Waals surface area contributed by atoms with Gasteiger partial charge in [-0.25, -0.2) is 0 Å². The van der Waals surface area contributed by atoms with Crippen LogP contribution >= 0.6 is 0 Å². The fourth-order valence-electron chi connectivity index (χ4n) is 4.30. The van der Waals surface area contributed by atoms with Crippen LogP contribution in [0, 0.1) is 6.92 Å². The van der Waals surface area contributed by atoms with E-state index in [1.807, 2.05) is 30.9 Å². The van der Waals surface area contributed by atoms with E-state index >= 15 is 0 Å². The first-order valence-corrected chi connectivity index (χ1v) is 10.0. The van der Waals surface area contributed by atoms with Crippen molar-refractivity contribution in [3.63, 3.8) is 0 Å². The first kappa shape index (κ1) is 18.2. The fraction of sp³-hybridized carbons (Fsp3) is 0.571. The molecule has 0 saturated carbocycles. The highest BCUT2D eigenvalue weighted by Crippen LogP contribution is 2.29. The molecule has 1 fully saturated rings. The molecule has 4 rings (SSSR count). The number of ether oxygens (including phenoxy) is 1. The number of fused-ring (bicyclic) bond motifs is 1. The number of amides is 1. The molecule has 2 aromatic rings. The van der Waals surface area contributed by atoms with Crippen LogP contribution in [0.5, 0.6) is 0 Å². The average Bonchev–Trinajstić information content (AvgIpc) is 3.09. The molecular formula is C21H28N4O2. The Balaban J connectivity index is 1.45. The number of aromatic nitrogens is 3. The summed E-state index contributed by atoms with van der Waals surface area (Å²) in [5, 5.41) is 8.45. The van der Waals surface area contributed by atoms with Crippen LogP contribution in [-0.4, -0.2) is 51.4 Å². The van der Waals surface area contributed by atoms with E-state index < -0.39 is 0 Å². The van der Waals surface area contributed by atoms with E-state index in [2.05, 4.69) is 26.9 Å². The van der Waals surface area contributed by atoms with Crippen LogP contribution in [0.25, 0.3) is 0 Å². The zero-order valence-electron chi connectivity index (χ0n) is 16.2. The van der Waals surface area contributed by atoms with Crippen LogP contribution in [0.15, 0.2) is 24.3 Å². The molecule has 2 aliphatic heterocycles. The lowest BCUT2D eigenvalue weighted by molar-refractivity contribution is 0.0146. The Labute approximate surface area is 160 Å². The number of likely N-dealkylation sites (tertiary alicyclic amines) is 1. The first-order chi connectivity index (χ1) is 13.2. The van der Waals surface area contributed by atoms with Crippen molar-refractivity contribution in [2.75, 3.05) is 19.7 Å². The van der Waals surface area contributed by atoms with Gasteiger partial charge in [-0.15, -0.1) is 10.2 Å². The molecule has 0 N–H and O–H groups in total. The molecule has 0 spiro atoms. The smallest absolute Gasteiger partial charge is 0.253 e. The summed E-state index contributed by atoms with van der Waals surface area (Å²) < 4.78 is 7.91. The van der Waals surface area contributed by atoms with Crippen molar-refractivity contribution in [1.29, 1.82) is 0 Å². The number of hydrogen-bond acceptors (Lipinski definition) is 4. The van der Waals surface area contributed by atoms with Gasteiger partial charge >= 0.3 is 0 Å². The minimum atomic E-state index is 0.142. The Morgan fingerprint density at radius 1 is 1.22 bits per heavy atom. The molecule has 0 aliphatic carbocycles. The Morgan fingerprint density at radius 3 is 2.81 bits per heavy atom. The topological polar surface area (TPSA) is 60.2 Å². The molecular weight excluding hydrogens is 340 g/mol. The lowest BCUT2D eigenvalue weighted by Crippen LogP contribution is -2.40. The summed E-state index contributed by atoms with van der Waals surface area (Å²) >= 11 is 0. The number of piperidine rings is 1. The zero-order valence-corrected chi connectivity index (χ0v) is 16.2. The monoisotopic (exact) mass is 368 g/mol. The van der Waals surface area contributed by atoms with Crippen molar-refractivity contribution in [3.05, 3.63) is 47.0 Å². The van der Waals surface area contributed by atoms with Gasteiger partial charge in [0.05, 0.1) is 6.10 Å². The van der Waals surface area contributed by atoms with Gasteiger partial charge in [0.15, 0.2) is 0 Å². The van der Waals surface area contributed by atoms with E-state index in [0.717, 1.165) is 69.1 Å². The van der Waals surface area contributed by atoms with Crippen molar-refractivity contribution in [2.24, 2.45) is 0 Å². The molecule has 0 bridgehead atoms. The predicted molar refractivity (Wildman–Crippen MR) is 103 cm³/mol. The predicted octanol–water partition coefficient (Wildman–Crippen LogP) is 2.96. The van der Waals surface area contributed by atoms with E-state index in [1.54, 1.807) is 0 Å². The standard InChI is InChI=1S/C21H28N4O2/c1-3-27-19-9-11-24(12-10-19)21(26)17-6-4-5-16(13-17)18-7-8-20-23-22-15(2)25(20)14-18/h4-6,13,18-19H,3,7-12,14H2,1-2H3. The minimum absolute atomic E-state index is 0.142. The van der Waals surface area contributed by atoms with Crippen molar-refractivity contribution >= 4 is 5.91 Å². The third-order valence-corrected chi connectivity index (χ3v) is 5.87. The molecule has 27 heavy (non-hydrogen) atoms. The lowest BCUT2D eigenvalue weighted by Gasteiger charge is -2.32. The maximum Gasteiger partial charge on any atom is 0.253 e. The average molecular weight is 368 g/mol. The molecule has 0 radical (unpaired) electrons. The van der Waals surface area contributed by atoms with E-state index in [-0.39, 0.29) is 5.91 Å². The second-order valence-electron chi connectivity index (χ2n) is 7.58. The highest BCUT2D eigenvalue weighted by molar-refractivity contribution is 5.94. The van der Waals surface area contributed by atoms with Gasteiger partial charge < -0.3 is 14.2 Å². The number of benzene rings is 1. The van der Waals surface area contributed by atoms with E-state index in [9.17, 15) is 4.79 Å². The summed E-state index contributed by atoms with van der Waals surface area (Å²) in [6, 6.07) is 8.20. The Hall–Kier alpha value is -2.21. The van der Waals surface area contributed by atoms with Crippen LogP contribution in [0.3, 0.4) is 0 Å². The quantitative estimate of drug-likeness (QED) is 0.832. The molecule has 1 aromatic heterocycles. The van der Waals surface area contributed by atoms with E-state index in [4.69, 9.17) is 4.74 Å². The summed E-state index contributed by atoms with van der Waals surface area (Å²) in [5.74, 6) is 2.60. The number of rotatable bonds is 4. The van der Waals surface area contributed by atoms with E-state index in [1.165, 1.54) is 5.56 Å². The van der Waals surface area contributed by atoms with Gasteiger partial charge in [0, 0.05) is 44.1 Å². The second-order valence-corrected chi connectivity index (χ2v) is 7.58. The molecule has 6 heteroatoms. The van der Waals surface area contributed by atoms with Crippen molar-refractivity contribution in [1.82, 2.24) is 19.7 Å². The lowest BCUT2D eigenvalue weighted by atomic mass is 9.90. The molecule has 2 aliphatic rings. The summed E-state index contributed by atoms with van der Waals surface area (Å²) in [5.41, 5.74) is 2.04. The Bertz CT molecular complexity index is 808. The number of hydrogen-bond donors (Lipinski definition) is 0. The maximum atomic E-state index is 13.0.